The third-order valence-electron chi connectivity index (χ3n) is 7.10. The van der Waals surface area contributed by atoms with Gasteiger partial charge in [0.2, 0.25) is 11.8 Å². The van der Waals surface area contributed by atoms with Crippen LogP contribution in [-0.4, -0.2) is 51.8 Å². The zero-order chi connectivity index (χ0) is 32.1. The van der Waals surface area contributed by atoms with Crippen molar-refractivity contribution < 1.29 is 24.2 Å². The fourth-order valence-electron chi connectivity index (χ4n) is 4.84. The minimum absolute atomic E-state index is 0.0500. The van der Waals surface area contributed by atoms with Gasteiger partial charge in [-0.2, -0.15) is 0 Å². The summed E-state index contributed by atoms with van der Waals surface area (Å²) in [5, 5.41) is 20.2. The molecule has 1 heterocycles. The molecule has 3 rings (SSSR count). The Bertz CT molecular complexity index is 1310. The number of carbonyl (C=O) groups excluding carboxylic acids is 3. The van der Waals surface area contributed by atoms with E-state index in [-0.39, 0.29) is 30.7 Å². The molecule has 0 fully saturated rings. The van der Waals surface area contributed by atoms with Gasteiger partial charge in [0.15, 0.2) is 0 Å². The number of carbonyl (C=O) groups is 3. The summed E-state index contributed by atoms with van der Waals surface area (Å²) in [7, 11) is 0. The highest BCUT2D eigenvalue weighted by molar-refractivity contribution is 5.88. The third-order valence-corrected chi connectivity index (χ3v) is 7.10. The predicted molar refractivity (Wildman–Crippen MR) is 170 cm³/mol. The number of aliphatic hydroxyl groups excluding tert-OH is 1. The Morgan fingerprint density at radius 3 is 1.95 bits per heavy atom. The maximum atomic E-state index is 13.8. The van der Waals surface area contributed by atoms with Gasteiger partial charge in [0.25, 0.3) is 0 Å². The second-order valence-corrected chi connectivity index (χ2v) is 12.4. The van der Waals surface area contributed by atoms with Crippen LogP contribution in [0.2, 0.25) is 0 Å². The summed E-state index contributed by atoms with van der Waals surface area (Å²) in [5.41, 5.74) is 1.83. The van der Waals surface area contributed by atoms with E-state index in [2.05, 4.69) is 20.9 Å². The van der Waals surface area contributed by atoms with E-state index < -0.39 is 35.8 Å². The number of aliphatic hydroxyl groups is 1. The second kappa shape index (κ2) is 16.6. The average Bonchev–Trinajstić information content (AvgIpc) is 2.98. The van der Waals surface area contributed by atoms with Crippen molar-refractivity contribution in [3.05, 3.63) is 102 Å². The zero-order valence-corrected chi connectivity index (χ0v) is 26.3. The highest BCUT2D eigenvalue weighted by Gasteiger charge is 2.32. The van der Waals surface area contributed by atoms with Gasteiger partial charge in [-0.15, -0.1) is 0 Å². The smallest absolute Gasteiger partial charge is 0.407 e. The van der Waals surface area contributed by atoms with Crippen molar-refractivity contribution in [3.63, 3.8) is 0 Å². The van der Waals surface area contributed by atoms with Gasteiger partial charge in [0.05, 0.1) is 24.4 Å². The number of hydrogen-bond acceptors (Lipinski definition) is 6. The summed E-state index contributed by atoms with van der Waals surface area (Å²) < 4.78 is 5.48. The van der Waals surface area contributed by atoms with Crippen molar-refractivity contribution in [2.75, 3.05) is 0 Å². The molecular weight excluding hydrogens is 556 g/mol. The lowest BCUT2D eigenvalue weighted by atomic mass is 9.88. The molecule has 2 aromatic carbocycles. The van der Waals surface area contributed by atoms with E-state index in [1.807, 2.05) is 86.6 Å². The highest BCUT2D eigenvalue weighted by Crippen LogP contribution is 2.20. The minimum Gasteiger partial charge on any atom is -0.444 e. The number of hydrogen-bond donors (Lipinski definition) is 4. The quantitative estimate of drug-likeness (QED) is 0.214. The number of nitrogens with one attached hydrogen (secondary N) is 3. The summed E-state index contributed by atoms with van der Waals surface area (Å²) in [4.78, 5) is 44.0. The Hall–Kier alpha value is -4.24. The van der Waals surface area contributed by atoms with E-state index in [0.29, 0.717) is 18.5 Å². The maximum Gasteiger partial charge on any atom is 0.407 e. The molecule has 44 heavy (non-hydrogen) atoms. The first-order valence-electron chi connectivity index (χ1n) is 15.1. The molecule has 236 valence electrons. The van der Waals surface area contributed by atoms with Gasteiger partial charge in [-0.3, -0.25) is 14.6 Å². The van der Waals surface area contributed by atoms with Crippen molar-refractivity contribution in [3.8, 4) is 0 Å². The van der Waals surface area contributed by atoms with E-state index in [1.54, 1.807) is 33.0 Å². The summed E-state index contributed by atoms with van der Waals surface area (Å²) in [5.74, 6) is -1.54. The first-order chi connectivity index (χ1) is 20.9. The Labute approximate surface area is 260 Å². The van der Waals surface area contributed by atoms with Crippen LogP contribution in [0.5, 0.6) is 0 Å². The number of pyridine rings is 1. The fraction of sp³-hybridized carbons (Fsp3) is 0.429. The molecule has 0 spiro atoms. The van der Waals surface area contributed by atoms with Crippen molar-refractivity contribution in [1.29, 1.82) is 0 Å². The molecule has 4 atom stereocenters. The van der Waals surface area contributed by atoms with Crippen LogP contribution in [0.4, 0.5) is 4.79 Å². The number of amides is 3. The van der Waals surface area contributed by atoms with Crippen LogP contribution in [0.15, 0.2) is 85.1 Å². The number of benzene rings is 2. The number of rotatable bonds is 14. The minimum atomic E-state index is -1.09. The Kier molecular flexibility index (Phi) is 12.9. The molecule has 9 heteroatoms. The van der Waals surface area contributed by atoms with Crippen molar-refractivity contribution in [1.82, 2.24) is 20.9 Å². The monoisotopic (exact) mass is 602 g/mol. The Morgan fingerprint density at radius 2 is 1.41 bits per heavy atom. The first kappa shape index (κ1) is 34.3. The maximum absolute atomic E-state index is 13.8. The molecule has 0 saturated heterocycles. The number of alkyl carbamates (subject to hydrolysis) is 1. The first-order valence-corrected chi connectivity index (χ1v) is 15.1. The largest absolute Gasteiger partial charge is 0.444 e. The number of ether oxygens (including phenoxy) is 1. The van der Waals surface area contributed by atoms with E-state index in [4.69, 9.17) is 4.74 Å². The summed E-state index contributed by atoms with van der Waals surface area (Å²) in [6.45, 7) is 9.29. The normalized spacial score (nSPS) is 14.2. The third kappa shape index (κ3) is 11.8. The van der Waals surface area contributed by atoms with Gasteiger partial charge in [0.1, 0.15) is 11.6 Å². The summed E-state index contributed by atoms with van der Waals surface area (Å²) >= 11 is 0. The lowest BCUT2D eigenvalue weighted by molar-refractivity contribution is -0.132. The standard InChI is InChI=1S/C35H46N4O5/c1-24(2)31(33(42)37-23-28-18-12-13-19-36-28)39-32(41)27(20-25-14-8-6-9-15-25)22-30(40)29(21-26-16-10-7-11-17-26)38-34(43)44-35(3,4)5/h6-19,24,27,29-31,40H,20-23H2,1-5H3,(H,37,42)(H,38,43)(H,39,41)/t27-,29-,30-,31-/m0/s1. The van der Waals surface area contributed by atoms with Crippen LogP contribution >= 0.6 is 0 Å². The molecule has 4 N–H and O–H groups in total. The molecule has 0 bridgehead atoms. The molecule has 3 amide bonds. The van der Waals surface area contributed by atoms with Crippen LogP contribution in [0, 0.1) is 11.8 Å². The van der Waals surface area contributed by atoms with Crippen molar-refractivity contribution in [2.45, 2.75) is 84.2 Å². The molecule has 3 aromatic rings. The lowest BCUT2D eigenvalue weighted by Gasteiger charge is -2.30. The Balaban J connectivity index is 1.80. The van der Waals surface area contributed by atoms with Crippen molar-refractivity contribution >= 4 is 17.9 Å². The highest BCUT2D eigenvalue weighted by atomic mass is 16.6. The van der Waals surface area contributed by atoms with Gasteiger partial charge in [0, 0.05) is 12.1 Å². The summed E-state index contributed by atoms with van der Waals surface area (Å²) in [6, 6.07) is 23.0. The van der Waals surface area contributed by atoms with Gasteiger partial charge in [-0.1, -0.05) is 80.6 Å². The van der Waals surface area contributed by atoms with Crippen LogP contribution in [-0.2, 0) is 33.7 Å². The van der Waals surface area contributed by atoms with Crippen LogP contribution in [0.3, 0.4) is 0 Å². The van der Waals surface area contributed by atoms with E-state index in [1.165, 1.54) is 0 Å². The topological polar surface area (TPSA) is 130 Å². The molecule has 0 aliphatic carbocycles. The van der Waals surface area contributed by atoms with Gasteiger partial charge < -0.3 is 25.8 Å². The SMILES string of the molecule is CC(C)[C@H](NC(=O)[C@@H](Cc1ccccc1)C[C@H](O)[C@H](Cc1ccccc1)NC(=O)OC(C)(C)C)C(=O)NCc1ccccn1. The predicted octanol–water partition coefficient (Wildman–Crippen LogP) is 4.58. The fourth-order valence-corrected chi connectivity index (χ4v) is 4.84. The molecule has 1 aromatic heterocycles. The molecule has 0 radical (unpaired) electrons. The lowest BCUT2D eigenvalue weighted by Crippen LogP contribution is -2.52. The van der Waals surface area contributed by atoms with Gasteiger partial charge in [-0.05, 0) is 69.2 Å². The molecule has 0 saturated carbocycles. The second-order valence-electron chi connectivity index (χ2n) is 12.4. The van der Waals surface area contributed by atoms with E-state index in [9.17, 15) is 19.5 Å². The molecule has 0 aliphatic heterocycles. The molecule has 9 nitrogen and oxygen atoms in total. The van der Waals surface area contributed by atoms with Gasteiger partial charge >= 0.3 is 6.09 Å². The molecule has 0 aliphatic rings. The van der Waals surface area contributed by atoms with Crippen LogP contribution < -0.4 is 16.0 Å². The molecular formula is C35H46N4O5. The number of aromatic nitrogens is 1. The summed E-state index contributed by atoms with van der Waals surface area (Å²) in [6.07, 6.45) is 0.656. The zero-order valence-electron chi connectivity index (χ0n) is 26.3. The van der Waals surface area contributed by atoms with Crippen LogP contribution in [0.25, 0.3) is 0 Å². The van der Waals surface area contributed by atoms with Gasteiger partial charge in [-0.25, -0.2) is 4.79 Å². The van der Waals surface area contributed by atoms with Crippen molar-refractivity contribution in [2.24, 2.45) is 11.8 Å². The number of nitrogens with zero attached hydrogens (tertiary/aromatic N) is 1. The van der Waals surface area contributed by atoms with E-state index in [0.717, 1.165) is 11.1 Å². The van der Waals surface area contributed by atoms with Crippen LogP contribution in [0.1, 0.15) is 57.9 Å². The Morgan fingerprint density at radius 1 is 0.818 bits per heavy atom. The van der Waals surface area contributed by atoms with E-state index >= 15 is 0 Å². The molecule has 0 unspecified atom stereocenters. The average molecular weight is 603 g/mol.